The number of hydrogen-bond acceptors (Lipinski definition) is 3. The van der Waals surface area contributed by atoms with Gasteiger partial charge in [-0.1, -0.05) is 12.1 Å². The van der Waals surface area contributed by atoms with Gasteiger partial charge in [-0.15, -0.1) is 0 Å². The van der Waals surface area contributed by atoms with Crippen molar-refractivity contribution in [3.05, 3.63) is 64.2 Å². The van der Waals surface area contributed by atoms with Crippen molar-refractivity contribution in [2.45, 2.75) is 19.9 Å². The molecule has 0 aromatic heterocycles. The SMILES string of the molecule is COc1ccc(C(=O)c2ccc3c(c2)CNCC3)c(C)c1. The first kappa shape index (κ1) is 13.8. The molecule has 0 radical (unpaired) electrons. The van der Waals surface area contributed by atoms with Crippen molar-refractivity contribution < 1.29 is 9.53 Å². The van der Waals surface area contributed by atoms with Gasteiger partial charge in [0.15, 0.2) is 5.78 Å². The first-order valence-corrected chi connectivity index (χ1v) is 7.21. The largest absolute Gasteiger partial charge is 0.497 e. The molecule has 0 aliphatic carbocycles. The van der Waals surface area contributed by atoms with Crippen LogP contribution in [0.15, 0.2) is 36.4 Å². The zero-order valence-electron chi connectivity index (χ0n) is 12.4. The van der Waals surface area contributed by atoms with Crippen molar-refractivity contribution in [3.63, 3.8) is 0 Å². The summed E-state index contributed by atoms with van der Waals surface area (Å²) < 4.78 is 5.19. The topological polar surface area (TPSA) is 38.3 Å². The molecular formula is C18H19NO2. The number of ketones is 1. The summed E-state index contributed by atoms with van der Waals surface area (Å²) >= 11 is 0. The van der Waals surface area contributed by atoms with Crippen LogP contribution in [0.2, 0.25) is 0 Å². The lowest BCUT2D eigenvalue weighted by molar-refractivity contribution is 0.103. The van der Waals surface area contributed by atoms with Gasteiger partial charge in [0, 0.05) is 17.7 Å². The number of benzene rings is 2. The Labute approximate surface area is 124 Å². The third kappa shape index (κ3) is 2.69. The van der Waals surface area contributed by atoms with Crippen LogP contribution in [-0.4, -0.2) is 19.4 Å². The van der Waals surface area contributed by atoms with Crippen LogP contribution in [0.1, 0.15) is 32.6 Å². The van der Waals surface area contributed by atoms with Gasteiger partial charge in [-0.05, 0) is 60.8 Å². The highest BCUT2D eigenvalue weighted by Gasteiger charge is 2.15. The molecule has 1 aliphatic heterocycles. The Balaban J connectivity index is 1.95. The number of methoxy groups -OCH3 is 1. The third-order valence-corrected chi connectivity index (χ3v) is 4.03. The predicted molar refractivity (Wildman–Crippen MR) is 83.0 cm³/mol. The van der Waals surface area contributed by atoms with E-state index in [-0.39, 0.29) is 5.78 Å². The van der Waals surface area contributed by atoms with Crippen molar-refractivity contribution in [3.8, 4) is 5.75 Å². The Morgan fingerprint density at radius 1 is 1.14 bits per heavy atom. The predicted octanol–water partition coefficient (Wildman–Crippen LogP) is 2.88. The molecule has 0 bridgehead atoms. The average molecular weight is 281 g/mol. The highest BCUT2D eigenvalue weighted by molar-refractivity contribution is 6.10. The Bertz CT molecular complexity index is 692. The summed E-state index contributed by atoms with van der Waals surface area (Å²) in [4.78, 5) is 12.7. The van der Waals surface area contributed by atoms with Crippen molar-refractivity contribution in [2.75, 3.05) is 13.7 Å². The van der Waals surface area contributed by atoms with Crippen LogP contribution in [0.25, 0.3) is 0 Å². The van der Waals surface area contributed by atoms with E-state index in [1.807, 2.05) is 37.3 Å². The van der Waals surface area contributed by atoms with E-state index in [1.165, 1.54) is 11.1 Å². The first-order chi connectivity index (χ1) is 10.2. The molecule has 0 unspecified atom stereocenters. The second-order valence-electron chi connectivity index (χ2n) is 5.42. The standard InChI is InChI=1S/C18H19NO2/c1-12-9-16(21-2)5-6-17(12)18(20)14-4-3-13-7-8-19-11-15(13)10-14/h3-6,9-10,19H,7-8,11H2,1-2H3. The lowest BCUT2D eigenvalue weighted by atomic mass is 9.93. The highest BCUT2D eigenvalue weighted by Crippen LogP contribution is 2.22. The van der Waals surface area contributed by atoms with Crippen LogP contribution in [0.5, 0.6) is 5.75 Å². The van der Waals surface area contributed by atoms with E-state index in [2.05, 4.69) is 11.4 Å². The van der Waals surface area contributed by atoms with E-state index in [9.17, 15) is 4.79 Å². The Kier molecular flexibility index (Phi) is 3.76. The summed E-state index contributed by atoms with van der Waals surface area (Å²) in [6.45, 7) is 3.80. The Hall–Kier alpha value is -2.13. The van der Waals surface area contributed by atoms with Gasteiger partial charge in [-0.25, -0.2) is 0 Å². The molecule has 3 heteroatoms. The van der Waals surface area contributed by atoms with E-state index >= 15 is 0 Å². The van der Waals surface area contributed by atoms with E-state index in [1.54, 1.807) is 7.11 Å². The number of carbonyl (C=O) groups excluding carboxylic acids is 1. The van der Waals surface area contributed by atoms with Gasteiger partial charge in [0.2, 0.25) is 0 Å². The molecule has 21 heavy (non-hydrogen) atoms. The molecule has 108 valence electrons. The number of fused-ring (bicyclic) bond motifs is 1. The monoisotopic (exact) mass is 281 g/mol. The van der Waals surface area contributed by atoms with Gasteiger partial charge in [0.05, 0.1) is 7.11 Å². The Morgan fingerprint density at radius 2 is 2.00 bits per heavy atom. The minimum atomic E-state index is 0.0727. The van der Waals surface area contributed by atoms with Crippen LogP contribution in [0.4, 0.5) is 0 Å². The molecule has 1 aliphatic rings. The smallest absolute Gasteiger partial charge is 0.193 e. The highest BCUT2D eigenvalue weighted by atomic mass is 16.5. The lowest BCUT2D eigenvalue weighted by Gasteiger charge is -2.17. The van der Waals surface area contributed by atoms with Gasteiger partial charge in [-0.3, -0.25) is 4.79 Å². The molecule has 0 amide bonds. The zero-order valence-corrected chi connectivity index (χ0v) is 12.4. The fraction of sp³-hybridized carbons (Fsp3) is 0.278. The first-order valence-electron chi connectivity index (χ1n) is 7.21. The molecule has 2 aromatic carbocycles. The number of carbonyl (C=O) groups is 1. The van der Waals surface area contributed by atoms with Crippen molar-refractivity contribution in [2.24, 2.45) is 0 Å². The molecule has 1 N–H and O–H groups in total. The third-order valence-electron chi connectivity index (χ3n) is 4.03. The fourth-order valence-electron chi connectivity index (χ4n) is 2.80. The maximum Gasteiger partial charge on any atom is 0.193 e. The van der Waals surface area contributed by atoms with Gasteiger partial charge in [0.1, 0.15) is 5.75 Å². The van der Waals surface area contributed by atoms with Crippen LogP contribution < -0.4 is 10.1 Å². The molecule has 2 aromatic rings. The molecule has 0 spiro atoms. The molecule has 0 fully saturated rings. The molecule has 0 saturated carbocycles. The van der Waals surface area contributed by atoms with Gasteiger partial charge < -0.3 is 10.1 Å². The summed E-state index contributed by atoms with van der Waals surface area (Å²) in [7, 11) is 1.63. The normalized spacial score (nSPS) is 13.6. The van der Waals surface area contributed by atoms with E-state index in [0.29, 0.717) is 0 Å². The minimum Gasteiger partial charge on any atom is -0.497 e. The zero-order chi connectivity index (χ0) is 14.8. The molecule has 3 nitrogen and oxygen atoms in total. The molecule has 1 heterocycles. The summed E-state index contributed by atoms with van der Waals surface area (Å²) in [5.74, 6) is 0.849. The Morgan fingerprint density at radius 3 is 2.76 bits per heavy atom. The summed E-state index contributed by atoms with van der Waals surface area (Å²) in [6, 6.07) is 11.6. The molecule has 0 atom stereocenters. The van der Waals surface area contributed by atoms with E-state index < -0.39 is 0 Å². The second-order valence-corrected chi connectivity index (χ2v) is 5.42. The minimum absolute atomic E-state index is 0.0727. The summed E-state index contributed by atoms with van der Waals surface area (Å²) in [5.41, 5.74) is 5.01. The van der Waals surface area contributed by atoms with Crippen LogP contribution in [0, 0.1) is 6.92 Å². The van der Waals surface area contributed by atoms with E-state index in [0.717, 1.165) is 42.0 Å². The van der Waals surface area contributed by atoms with Gasteiger partial charge in [0.25, 0.3) is 0 Å². The average Bonchev–Trinajstić information content (AvgIpc) is 2.53. The number of nitrogens with one attached hydrogen (secondary N) is 1. The summed E-state index contributed by atoms with van der Waals surface area (Å²) in [5, 5.41) is 3.35. The van der Waals surface area contributed by atoms with Gasteiger partial charge in [-0.2, -0.15) is 0 Å². The maximum absolute atomic E-state index is 12.7. The lowest BCUT2D eigenvalue weighted by Crippen LogP contribution is -2.23. The van der Waals surface area contributed by atoms with Gasteiger partial charge >= 0.3 is 0 Å². The second kappa shape index (κ2) is 5.70. The fourth-order valence-corrected chi connectivity index (χ4v) is 2.80. The van der Waals surface area contributed by atoms with Crippen LogP contribution in [0.3, 0.4) is 0 Å². The number of hydrogen-bond donors (Lipinski definition) is 1. The number of ether oxygens (including phenoxy) is 1. The summed E-state index contributed by atoms with van der Waals surface area (Å²) in [6.07, 6.45) is 1.03. The quantitative estimate of drug-likeness (QED) is 0.879. The van der Waals surface area contributed by atoms with Crippen molar-refractivity contribution >= 4 is 5.78 Å². The molecular weight excluding hydrogens is 262 g/mol. The maximum atomic E-state index is 12.7. The van der Waals surface area contributed by atoms with E-state index in [4.69, 9.17) is 4.74 Å². The number of aryl methyl sites for hydroxylation is 1. The molecule has 0 saturated heterocycles. The van der Waals surface area contributed by atoms with Crippen molar-refractivity contribution in [1.82, 2.24) is 5.32 Å². The molecule has 3 rings (SSSR count). The number of rotatable bonds is 3. The van der Waals surface area contributed by atoms with Crippen molar-refractivity contribution in [1.29, 1.82) is 0 Å². The van der Waals surface area contributed by atoms with Crippen LogP contribution in [-0.2, 0) is 13.0 Å². The van der Waals surface area contributed by atoms with Crippen LogP contribution >= 0.6 is 0 Å².